The predicted molar refractivity (Wildman–Crippen MR) is 87.3 cm³/mol. The monoisotopic (exact) mass is 284 g/mol. The summed E-state index contributed by atoms with van der Waals surface area (Å²) in [5, 5.41) is 0. The second-order valence-electron chi connectivity index (χ2n) is 7.30. The SMILES string of the molecule is c1ccc(C2CN3CCCCC3CN2CCC2CC2)cc1. The predicted octanol–water partition coefficient (Wildman–Crippen LogP) is 3.70. The van der Waals surface area contributed by atoms with Gasteiger partial charge < -0.3 is 0 Å². The van der Waals surface area contributed by atoms with Gasteiger partial charge in [0.2, 0.25) is 0 Å². The summed E-state index contributed by atoms with van der Waals surface area (Å²) < 4.78 is 0. The van der Waals surface area contributed by atoms with E-state index in [1.165, 1.54) is 70.3 Å². The topological polar surface area (TPSA) is 6.48 Å². The molecule has 0 spiro atoms. The fraction of sp³-hybridized carbons (Fsp3) is 0.684. The molecule has 0 aromatic heterocycles. The molecular formula is C19H28N2. The molecule has 114 valence electrons. The number of hydrogen-bond acceptors (Lipinski definition) is 2. The zero-order valence-corrected chi connectivity index (χ0v) is 13.1. The van der Waals surface area contributed by atoms with Crippen LogP contribution in [0.15, 0.2) is 30.3 Å². The average Bonchev–Trinajstić information content (AvgIpc) is 3.37. The quantitative estimate of drug-likeness (QED) is 0.832. The fourth-order valence-electron chi connectivity index (χ4n) is 4.24. The van der Waals surface area contributed by atoms with Gasteiger partial charge in [-0.1, -0.05) is 49.6 Å². The Morgan fingerprint density at radius 3 is 2.62 bits per heavy atom. The minimum absolute atomic E-state index is 0.624. The van der Waals surface area contributed by atoms with E-state index >= 15 is 0 Å². The van der Waals surface area contributed by atoms with Gasteiger partial charge in [0.1, 0.15) is 0 Å². The molecule has 1 saturated carbocycles. The lowest BCUT2D eigenvalue weighted by Gasteiger charge is -2.48. The van der Waals surface area contributed by atoms with Crippen molar-refractivity contribution in [2.45, 2.75) is 50.6 Å². The second kappa shape index (κ2) is 6.10. The van der Waals surface area contributed by atoms with Crippen molar-refractivity contribution in [2.75, 3.05) is 26.2 Å². The number of nitrogens with zero attached hydrogens (tertiary/aromatic N) is 2. The first-order valence-corrected chi connectivity index (χ1v) is 8.93. The van der Waals surface area contributed by atoms with Gasteiger partial charge in [0.25, 0.3) is 0 Å². The van der Waals surface area contributed by atoms with Crippen molar-refractivity contribution in [1.82, 2.24) is 9.80 Å². The van der Waals surface area contributed by atoms with Crippen LogP contribution in [0.25, 0.3) is 0 Å². The van der Waals surface area contributed by atoms with Crippen molar-refractivity contribution in [3.05, 3.63) is 35.9 Å². The number of piperazine rings is 1. The number of rotatable bonds is 4. The van der Waals surface area contributed by atoms with E-state index in [0.29, 0.717) is 6.04 Å². The third kappa shape index (κ3) is 3.17. The van der Waals surface area contributed by atoms with Gasteiger partial charge in [0.05, 0.1) is 0 Å². The Kier molecular flexibility index (Phi) is 4.00. The molecule has 1 aromatic carbocycles. The molecule has 3 aliphatic rings. The molecule has 2 heteroatoms. The zero-order valence-electron chi connectivity index (χ0n) is 13.1. The molecule has 0 bridgehead atoms. The Bertz CT molecular complexity index is 454. The maximum absolute atomic E-state index is 2.81. The summed E-state index contributed by atoms with van der Waals surface area (Å²) in [6, 6.07) is 12.7. The molecule has 3 fully saturated rings. The maximum atomic E-state index is 2.81. The first-order valence-electron chi connectivity index (χ1n) is 8.93. The fourth-order valence-corrected chi connectivity index (χ4v) is 4.24. The van der Waals surface area contributed by atoms with Crippen molar-refractivity contribution in [1.29, 1.82) is 0 Å². The van der Waals surface area contributed by atoms with E-state index in [1.807, 2.05) is 0 Å². The summed E-state index contributed by atoms with van der Waals surface area (Å²) in [6.07, 6.45) is 8.66. The summed E-state index contributed by atoms with van der Waals surface area (Å²) in [5.74, 6) is 1.05. The van der Waals surface area contributed by atoms with Crippen LogP contribution in [0, 0.1) is 5.92 Å². The van der Waals surface area contributed by atoms with Crippen LogP contribution >= 0.6 is 0 Å². The van der Waals surface area contributed by atoms with Gasteiger partial charge in [-0.25, -0.2) is 0 Å². The van der Waals surface area contributed by atoms with Crippen LogP contribution in [-0.4, -0.2) is 42.0 Å². The zero-order chi connectivity index (χ0) is 14.1. The minimum Gasteiger partial charge on any atom is -0.297 e. The molecule has 0 amide bonds. The minimum atomic E-state index is 0.624. The lowest BCUT2D eigenvalue weighted by molar-refractivity contribution is 0.00678. The number of fused-ring (bicyclic) bond motifs is 1. The van der Waals surface area contributed by atoms with Crippen LogP contribution in [0.4, 0.5) is 0 Å². The van der Waals surface area contributed by atoms with Crippen molar-refractivity contribution >= 4 is 0 Å². The third-order valence-electron chi connectivity index (χ3n) is 5.75. The van der Waals surface area contributed by atoms with Gasteiger partial charge in [-0.15, -0.1) is 0 Å². The molecule has 2 nitrogen and oxygen atoms in total. The Morgan fingerprint density at radius 2 is 1.81 bits per heavy atom. The van der Waals surface area contributed by atoms with Crippen LogP contribution in [0.2, 0.25) is 0 Å². The highest BCUT2D eigenvalue weighted by atomic mass is 15.3. The Labute approximate surface area is 129 Å². The summed E-state index contributed by atoms with van der Waals surface area (Å²) in [4.78, 5) is 5.58. The lowest BCUT2D eigenvalue weighted by Crippen LogP contribution is -2.56. The normalized spacial score (nSPS) is 31.0. The van der Waals surface area contributed by atoms with Crippen LogP contribution in [0.3, 0.4) is 0 Å². The highest BCUT2D eigenvalue weighted by Gasteiger charge is 2.36. The van der Waals surface area contributed by atoms with Crippen LogP contribution in [0.1, 0.15) is 50.1 Å². The van der Waals surface area contributed by atoms with Crippen molar-refractivity contribution in [2.24, 2.45) is 5.92 Å². The molecule has 0 radical (unpaired) electrons. The first kappa shape index (κ1) is 13.8. The van der Waals surface area contributed by atoms with E-state index < -0.39 is 0 Å². The Morgan fingerprint density at radius 1 is 0.952 bits per heavy atom. The van der Waals surface area contributed by atoms with Crippen LogP contribution in [-0.2, 0) is 0 Å². The van der Waals surface area contributed by atoms with Crippen LogP contribution < -0.4 is 0 Å². The van der Waals surface area contributed by atoms with Crippen molar-refractivity contribution in [3.8, 4) is 0 Å². The average molecular weight is 284 g/mol. The van der Waals surface area contributed by atoms with Crippen molar-refractivity contribution in [3.63, 3.8) is 0 Å². The molecule has 4 rings (SSSR count). The summed E-state index contributed by atoms with van der Waals surface area (Å²) in [6.45, 7) is 5.19. The maximum Gasteiger partial charge on any atom is 0.0475 e. The Hall–Kier alpha value is -0.860. The molecule has 1 aromatic rings. The molecule has 2 unspecified atom stereocenters. The van der Waals surface area contributed by atoms with Gasteiger partial charge in [0, 0.05) is 25.2 Å². The van der Waals surface area contributed by atoms with E-state index in [-0.39, 0.29) is 0 Å². The highest BCUT2D eigenvalue weighted by Crippen LogP contribution is 2.36. The molecule has 2 aliphatic heterocycles. The highest BCUT2D eigenvalue weighted by molar-refractivity contribution is 5.20. The molecule has 2 saturated heterocycles. The van der Waals surface area contributed by atoms with Gasteiger partial charge in [0.15, 0.2) is 0 Å². The molecule has 2 atom stereocenters. The molecule has 21 heavy (non-hydrogen) atoms. The van der Waals surface area contributed by atoms with Gasteiger partial charge >= 0.3 is 0 Å². The standard InChI is InChI=1S/C19H28N2/c1-2-6-17(7-3-1)19-15-20-12-5-4-8-18(20)14-21(19)13-11-16-9-10-16/h1-3,6-7,16,18-19H,4-5,8-15H2. The Balaban J connectivity index is 1.51. The van der Waals surface area contributed by atoms with Gasteiger partial charge in [-0.2, -0.15) is 0 Å². The largest absolute Gasteiger partial charge is 0.297 e. The van der Waals surface area contributed by atoms with Crippen LogP contribution in [0.5, 0.6) is 0 Å². The third-order valence-corrected chi connectivity index (χ3v) is 5.75. The van der Waals surface area contributed by atoms with Gasteiger partial charge in [-0.3, -0.25) is 9.80 Å². The smallest absolute Gasteiger partial charge is 0.0475 e. The van der Waals surface area contributed by atoms with E-state index in [0.717, 1.165) is 12.0 Å². The summed E-state index contributed by atoms with van der Waals surface area (Å²) in [5.41, 5.74) is 1.53. The van der Waals surface area contributed by atoms with E-state index in [1.54, 1.807) is 0 Å². The van der Waals surface area contributed by atoms with Crippen molar-refractivity contribution < 1.29 is 0 Å². The summed E-state index contributed by atoms with van der Waals surface area (Å²) in [7, 11) is 0. The number of piperidine rings is 1. The second-order valence-corrected chi connectivity index (χ2v) is 7.30. The number of benzene rings is 1. The van der Waals surface area contributed by atoms with Gasteiger partial charge in [-0.05, 0) is 43.8 Å². The molecular weight excluding hydrogens is 256 g/mol. The van der Waals surface area contributed by atoms with E-state index in [4.69, 9.17) is 0 Å². The molecule has 1 aliphatic carbocycles. The van der Waals surface area contributed by atoms with E-state index in [2.05, 4.69) is 40.1 Å². The molecule has 2 heterocycles. The number of hydrogen-bond donors (Lipinski definition) is 0. The lowest BCUT2D eigenvalue weighted by atomic mass is 9.93. The first-order chi connectivity index (χ1) is 10.4. The summed E-state index contributed by atoms with van der Waals surface area (Å²) >= 11 is 0. The molecule has 0 N–H and O–H groups in total. The van der Waals surface area contributed by atoms with E-state index in [9.17, 15) is 0 Å².